The second-order valence-electron chi connectivity index (χ2n) is 2.98. The normalized spacial score (nSPS) is 12.6. The summed E-state index contributed by atoms with van der Waals surface area (Å²) < 4.78 is 59.4. The highest BCUT2D eigenvalue weighted by molar-refractivity contribution is 7.93. The monoisotopic (exact) mass is 308 g/mol. The molecular weight excluding hydrogens is 304 g/mol. The molecule has 0 aromatic carbocycles. The van der Waals surface area contributed by atoms with Gasteiger partial charge in [0.15, 0.2) is 5.15 Å². The van der Waals surface area contributed by atoms with Crippen LogP contribution in [0.25, 0.3) is 0 Å². The van der Waals surface area contributed by atoms with Gasteiger partial charge in [0, 0.05) is 0 Å². The quantitative estimate of drug-likeness (QED) is 0.855. The summed E-state index contributed by atoms with van der Waals surface area (Å²) in [5.41, 5.74) is -5.75. The molecule has 0 aliphatic heterocycles. The molecule has 0 saturated heterocycles. The van der Waals surface area contributed by atoms with Gasteiger partial charge in [-0.15, -0.1) is 0 Å². The first-order valence-corrected chi connectivity index (χ1v) is 6.20. The van der Waals surface area contributed by atoms with Crippen molar-refractivity contribution >= 4 is 38.9 Å². The Morgan fingerprint density at radius 3 is 2.29 bits per heavy atom. The summed E-state index contributed by atoms with van der Waals surface area (Å²) in [5.74, 6) is 0. The number of pyridine rings is 1. The number of aryl methyl sites for hydroxylation is 1. The fourth-order valence-corrected chi connectivity index (χ4v) is 2.19. The highest BCUT2D eigenvalue weighted by atomic mass is 35.5. The van der Waals surface area contributed by atoms with E-state index in [2.05, 4.69) is 4.98 Å². The van der Waals surface area contributed by atoms with E-state index in [0.29, 0.717) is 0 Å². The van der Waals surface area contributed by atoms with Crippen molar-refractivity contribution in [2.45, 2.75) is 12.4 Å². The van der Waals surface area contributed by atoms with Crippen LogP contribution in [0, 0.1) is 6.92 Å². The van der Waals surface area contributed by atoms with Gasteiger partial charge in [-0.05, 0) is 18.6 Å². The summed E-state index contributed by atoms with van der Waals surface area (Å²) in [4.78, 5) is 3.44. The van der Waals surface area contributed by atoms with Gasteiger partial charge in [-0.3, -0.25) is 4.72 Å². The number of nitrogens with zero attached hydrogens (tertiary/aromatic N) is 1. The molecular formula is C7H5Cl2F3N2O2S. The van der Waals surface area contributed by atoms with Crippen molar-refractivity contribution in [2.24, 2.45) is 0 Å². The van der Waals surface area contributed by atoms with Crippen LogP contribution >= 0.6 is 23.2 Å². The first-order chi connectivity index (χ1) is 7.54. The summed E-state index contributed by atoms with van der Waals surface area (Å²) >= 11 is 11.0. The number of hydrogen-bond acceptors (Lipinski definition) is 3. The number of aromatic nitrogens is 1. The third-order valence-corrected chi connectivity index (χ3v) is 3.23. The summed E-state index contributed by atoms with van der Waals surface area (Å²) in [5, 5.41) is -0.509. The molecule has 0 radical (unpaired) electrons. The average Bonchev–Trinajstić information content (AvgIpc) is 2.09. The maximum Gasteiger partial charge on any atom is 0.516 e. The third-order valence-electron chi connectivity index (χ3n) is 1.68. The minimum absolute atomic E-state index is 0.0533. The molecule has 96 valence electrons. The van der Waals surface area contributed by atoms with Gasteiger partial charge >= 0.3 is 15.5 Å². The molecule has 0 fully saturated rings. The molecule has 17 heavy (non-hydrogen) atoms. The minimum atomic E-state index is -5.53. The predicted octanol–water partition coefficient (Wildman–Crippen LogP) is 2.96. The molecule has 1 aromatic rings. The van der Waals surface area contributed by atoms with Crippen LogP contribution in [0.2, 0.25) is 10.3 Å². The lowest BCUT2D eigenvalue weighted by atomic mass is 10.3. The fraction of sp³-hybridized carbons (Fsp3) is 0.286. The fourth-order valence-electron chi connectivity index (χ4n) is 0.910. The molecule has 1 aromatic heterocycles. The minimum Gasteiger partial charge on any atom is -0.273 e. The molecule has 0 atom stereocenters. The van der Waals surface area contributed by atoms with Crippen LogP contribution in [-0.2, 0) is 10.0 Å². The molecule has 1 N–H and O–H groups in total. The van der Waals surface area contributed by atoms with Crippen LogP contribution in [0.3, 0.4) is 0 Å². The lowest BCUT2D eigenvalue weighted by Gasteiger charge is -2.13. The molecule has 0 amide bonds. The van der Waals surface area contributed by atoms with E-state index >= 15 is 0 Å². The predicted molar refractivity (Wildman–Crippen MR) is 57.6 cm³/mol. The lowest BCUT2D eigenvalue weighted by molar-refractivity contribution is -0.0429. The third kappa shape index (κ3) is 3.14. The molecule has 0 saturated carbocycles. The Bertz CT molecular complexity index is 522. The number of sulfonamides is 1. The number of hydrogen-bond donors (Lipinski definition) is 1. The van der Waals surface area contributed by atoms with Crippen LogP contribution in [0.15, 0.2) is 6.07 Å². The van der Waals surface area contributed by atoms with E-state index in [1.807, 2.05) is 0 Å². The molecule has 0 aliphatic rings. The highest BCUT2D eigenvalue weighted by Gasteiger charge is 2.46. The van der Waals surface area contributed by atoms with Gasteiger partial charge in [0.25, 0.3) is 0 Å². The van der Waals surface area contributed by atoms with Crippen LogP contribution in [0.4, 0.5) is 18.9 Å². The second kappa shape index (κ2) is 4.51. The van der Waals surface area contributed by atoms with Crippen molar-refractivity contribution in [2.75, 3.05) is 4.72 Å². The Labute approximate surface area is 105 Å². The number of rotatable bonds is 2. The van der Waals surface area contributed by atoms with Crippen molar-refractivity contribution in [3.8, 4) is 0 Å². The largest absolute Gasteiger partial charge is 0.516 e. The summed E-state index contributed by atoms with van der Waals surface area (Å²) in [7, 11) is -5.53. The standard InChI is InChI=1S/C7H5Cl2F3N2O2S/c1-3-2-4(8)13-6(9)5(3)14-17(15,16)7(10,11)12/h2,14H,1H3. The van der Waals surface area contributed by atoms with E-state index in [1.165, 1.54) is 17.7 Å². The SMILES string of the molecule is Cc1cc(Cl)nc(Cl)c1NS(=O)(=O)C(F)(F)F. The maximum absolute atomic E-state index is 12.1. The number of halogens is 5. The molecule has 1 heterocycles. The van der Waals surface area contributed by atoms with Crippen molar-refractivity contribution < 1.29 is 21.6 Å². The maximum atomic E-state index is 12.1. The van der Waals surface area contributed by atoms with Gasteiger partial charge in [0.1, 0.15) is 5.15 Å². The van der Waals surface area contributed by atoms with Gasteiger partial charge in [-0.1, -0.05) is 23.2 Å². The van der Waals surface area contributed by atoms with Crippen molar-refractivity contribution in [3.63, 3.8) is 0 Å². The Morgan fingerprint density at radius 1 is 1.35 bits per heavy atom. The lowest BCUT2D eigenvalue weighted by Crippen LogP contribution is -2.30. The zero-order valence-electron chi connectivity index (χ0n) is 8.14. The molecule has 0 spiro atoms. The number of alkyl halides is 3. The molecule has 0 aliphatic carbocycles. The van der Waals surface area contributed by atoms with E-state index in [9.17, 15) is 21.6 Å². The van der Waals surface area contributed by atoms with Crippen LogP contribution in [0.1, 0.15) is 5.56 Å². The summed E-state index contributed by atoms with van der Waals surface area (Å²) in [6, 6.07) is 1.18. The van der Waals surface area contributed by atoms with Crippen LogP contribution < -0.4 is 4.72 Å². The van der Waals surface area contributed by atoms with E-state index in [0.717, 1.165) is 0 Å². The van der Waals surface area contributed by atoms with Gasteiger partial charge in [0.2, 0.25) is 0 Å². The smallest absolute Gasteiger partial charge is 0.273 e. The van der Waals surface area contributed by atoms with Crippen molar-refractivity contribution in [3.05, 3.63) is 21.9 Å². The first-order valence-electron chi connectivity index (χ1n) is 3.96. The zero-order valence-corrected chi connectivity index (χ0v) is 10.5. The van der Waals surface area contributed by atoms with E-state index in [1.54, 1.807) is 0 Å². The van der Waals surface area contributed by atoms with Gasteiger partial charge in [-0.25, -0.2) is 4.98 Å². The second-order valence-corrected chi connectivity index (χ2v) is 5.40. The molecule has 1 rings (SSSR count). The van der Waals surface area contributed by atoms with Gasteiger partial charge < -0.3 is 0 Å². The van der Waals surface area contributed by atoms with Crippen molar-refractivity contribution in [1.29, 1.82) is 0 Å². The van der Waals surface area contributed by atoms with E-state index in [-0.39, 0.29) is 10.7 Å². The number of anilines is 1. The summed E-state index contributed by atoms with van der Waals surface area (Å²) in [6.45, 7) is 1.34. The highest BCUT2D eigenvalue weighted by Crippen LogP contribution is 2.31. The Balaban J connectivity index is 3.22. The average molecular weight is 309 g/mol. The zero-order chi connectivity index (χ0) is 13.4. The Morgan fingerprint density at radius 2 is 1.88 bits per heavy atom. The van der Waals surface area contributed by atoms with Crippen molar-refractivity contribution in [1.82, 2.24) is 4.98 Å². The Hall–Kier alpha value is -0.730. The molecule has 0 bridgehead atoms. The van der Waals surface area contributed by atoms with E-state index < -0.39 is 26.4 Å². The first kappa shape index (κ1) is 14.3. The summed E-state index contributed by atoms with van der Waals surface area (Å²) in [6.07, 6.45) is 0. The Kier molecular flexibility index (Phi) is 3.80. The number of nitrogens with one attached hydrogen (secondary N) is 1. The van der Waals surface area contributed by atoms with Gasteiger partial charge in [-0.2, -0.15) is 21.6 Å². The molecule has 4 nitrogen and oxygen atoms in total. The van der Waals surface area contributed by atoms with Crippen LogP contribution in [0.5, 0.6) is 0 Å². The van der Waals surface area contributed by atoms with Gasteiger partial charge in [0.05, 0.1) is 5.69 Å². The molecule has 10 heteroatoms. The van der Waals surface area contributed by atoms with Crippen LogP contribution in [-0.4, -0.2) is 18.9 Å². The topological polar surface area (TPSA) is 59.1 Å². The molecule has 0 unspecified atom stereocenters. The van der Waals surface area contributed by atoms with E-state index in [4.69, 9.17) is 23.2 Å².